The lowest BCUT2D eigenvalue weighted by Gasteiger charge is -2.19. The molecule has 1 heterocycles. The van der Waals surface area contributed by atoms with E-state index >= 15 is 0 Å². The van der Waals surface area contributed by atoms with E-state index in [0.717, 1.165) is 5.69 Å². The van der Waals surface area contributed by atoms with Crippen molar-refractivity contribution >= 4 is 0 Å². The second-order valence-corrected chi connectivity index (χ2v) is 5.21. The van der Waals surface area contributed by atoms with Crippen LogP contribution in [0.2, 0.25) is 0 Å². The molecule has 0 fully saturated rings. The zero-order chi connectivity index (χ0) is 13.2. The van der Waals surface area contributed by atoms with Crippen LogP contribution >= 0.6 is 0 Å². The largest absolute Gasteiger partial charge is 0.443 e. The van der Waals surface area contributed by atoms with Crippen molar-refractivity contribution in [3.05, 3.63) is 42.2 Å². The molecule has 3 nitrogen and oxygen atoms in total. The van der Waals surface area contributed by atoms with Crippen molar-refractivity contribution in [1.82, 2.24) is 10.3 Å². The number of rotatable bonds is 3. The Labute approximate surface area is 106 Å². The molecule has 0 aliphatic rings. The Bertz CT molecular complexity index is 529. The van der Waals surface area contributed by atoms with Crippen molar-refractivity contribution in [2.75, 3.05) is 0 Å². The van der Waals surface area contributed by atoms with E-state index in [-0.39, 0.29) is 11.4 Å². The smallest absolute Gasteiger partial charge is 0.181 e. The van der Waals surface area contributed by atoms with Crippen LogP contribution in [0.5, 0.6) is 0 Å². The predicted octanol–water partition coefficient (Wildman–Crippen LogP) is 3.37. The number of halogens is 1. The van der Waals surface area contributed by atoms with Crippen LogP contribution in [0.3, 0.4) is 0 Å². The number of benzene rings is 1. The average molecular weight is 248 g/mol. The summed E-state index contributed by atoms with van der Waals surface area (Å²) in [7, 11) is 0. The van der Waals surface area contributed by atoms with Gasteiger partial charge in [-0.25, -0.2) is 9.37 Å². The monoisotopic (exact) mass is 248 g/mol. The fourth-order valence-corrected chi connectivity index (χ4v) is 1.61. The molecule has 2 aromatic rings. The fourth-order valence-electron chi connectivity index (χ4n) is 1.61. The Morgan fingerprint density at radius 2 is 2.00 bits per heavy atom. The zero-order valence-electron chi connectivity index (χ0n) is 10.8. The molecule has 0 unspecified atom stereocenters. The highest BCUT2D eigenvalue weighted by Gasteiger charge is 2.16. The molecule has 1 N–H and O–H groups in total. The van der Waals surface area contributed by atoms with Crippen molar-refractivity contribution in [1.29, 1.82) is 0 Å². The minimum Gasteiger partial charge on any atom is -0.443 e. The molecular formula is C14H17FN2O. The Kier molecular flexibility index (Phi) is 3.48. The van der Waals surface area contributed by atoms with Gasteiger partial charge in [0.1, 0.15) is 11.5 Å². The standard InChI is InChI=1S/C14H17FN2O/c1-14(2,3)17-8-12-13(18-9-16-12)10-6-4-5-7-11(10)15/h4-7,9,17H,8H2,1-3H3. The first kappa shape index (κ1) is 12.8. The molecule has 0 atom stereocenters. The number of hydrogen-bond acceptors (Lipinski definition) is 3. The van der Waals surface area contributed by atoms with Crippen LogP contribution < -0.4 is 5.32 Å². The van der Waals surface area contributed by atoms with E-state index in [9.17, 15) is 4.39 Å². The second kappa shape index (κ2) is 4.90. The van der Waals surface area contributed by atoms with Gasteiger partial charge in [-0.05, 0) is 32.9 Å². The maximum Gasteiger partial charge on any atom is 0.181 e. The van der Waals surface area contributed by atoms with Crippen LogP contribution in [-0.2, 0) is 6.54 Å². The molecule has 0 saturated heterocycles. The van der Waals surface area contributed by atoms with Crippen molar-refractivity contribution in [3.8, 4) is 11.3 Å². The van der Waals surface area contributed by atoms with Gasteiger partial charge in [-0.1, -0.05) is 12.1 Å². The molecule has 0 amide bonds. The van der Waals surface area contributed by atoms with Crippen LogP contribution in [-0.4, -0.2) is 10.5 Å². The molecule has 0 radical (unpaired) electrons. The van der Waals surface area contributed by atoms with E-state index in [2.05, 4.69) is 31.1 Å². The normalized spacial score (nSPS) is 11.8. The lowest BCUT2D eigenvalue weighted by molar-refractivity contribution is 0.421. The third kappa shape index (κ3) is 2.96. The highest BCUT2D eigenvalue weighted by atomic mass is 19.1. The number of nitrogens with one attached hydrogen (secondary N) is 1. The quantitative estimate of drug-likeness (QED) is 0.905. The van der Waals surface area contributed by atoms with Gasteiger partial charge in [0.05, 0.1) is 5.56 Å². The van der Waals surface area contributed by atoms with E-state index in [1.807, 2.05) is 0 Å². The molecule has 4 heteroatoms. The van der Waals surface area contributed by atoms with Gasteiger partial charge in [0.15, 0.2) is 12.2 Å². The second-order valence-electron chi connectivity index (χ2n) is 5.21. The molecule has 96 valence electrons. The summed E-state index contributed by atoms with van der Waals surface area (Å²) in [5.74, 6) is 0.191. The van der Waals surface area contributed by atoms with Gasteiger partial charge in [-0.15, -0.1) is 0 Å². The molecule has 0 aliphatic heterocycles. The molecule has 0 saturated carbocycles. The SMILES string of the molecule is CC(C)(C)NCc1ncoc1-c1ccccc1F. The molecule has 1 aromatic heterocycles. The van der Waals surface area contributed by atoms with E-state index in [1.165, 1.54) is 12.5 Å². The third-order valence-corrected chi connectivity index (χ3v) is 2.55. The van der Waals surface area contributed by atoms with Gasteiger partial charge in [0.2, 0.25) is 0 Å². The molecule has 0 bridgehead atoms. The number of nitrogens with zero attached hydrogens (tertiary/aromatic N) is 1. The topological polar surface area (TPSA) is 38.1 Å². The third-order valence-electron chi connectivity index (χ3n) is 2.55. The Hall–Kier alpha value is -1.68. The van der Waals surface area contributed by atoms with Crippen molar-refractivity contribution in [3.63, 3.8) is 0 Å². The summed E-state index contributed by atoms with van der Waals surface area (Å²) in [4.78, 5) is 4.14. The van der Waals surface area contributed by atoms with Crippen molar-refractivity contribution < 1.29 is 8.81 Å². The highest BCUT2D eigenvalue weighted by molar-refractivity contribution is 5.60. The van der Waals surface area contributed by atoms with E-state index in [4.69, 9.17) is 4.42 Å². The summed E-state index contributed by atoms with van der Waals surface area (Å²) in [5.41, 5.74) is 1.14. The van der Waals surface area contributed by atoms with Crippen LogP contribution in [0.25, 0.3) is 11.3 Å². The summed E-state index contributed by atoms with van der Waals surface area (Å²) in [6.07, 6.45) is 1.35. The first-order chi connectivity index (χ1) is 8.47. The van der Waals surface area contributed by atoms with Gasteiger partial charge in [0.25, 0.3) is 0 Å². The molecule has 1 aromatic carbocycles. The lowest BCUT2D eigenvalue weighted by Crippen LogP contribution is -2.35. The van der Waals surface area contributed by atoms with Gasteiger partial charge in [-0.2, -0.15) is 0 Å². The first-order valence-corrected chi connectivity index (χ1v) is 5.90. The van der Waals surface area contributed by atoms with E-state index in [0.29, 0.717) is 17.9 Å². The minimum atomic E-state index is -0.300. The van der Waals surface area contributed by atoms with E-state index in [1.54, 1.807) is 18.2 Å². The first-order valence-electron chi connectivity index (χ1n) is 5.90. The Balaban J connectivity index is 2.26. The average Bonchev–Trinajstić information content (AvgIpc) is 2.74. The van der Waals surface area contributed by atoms with Gasteiger partial charge in [0, 0.05) is 12.1 Å². The van der Waals surface area contributed by atoms with Gasteiger partial charge < -0.3 is 9.73 Å². The number of hydrogen-bond donors (Lipinski definition) is 1. The van der Waals surface area contributed by atoms with E-state index < -0.39 is 0 Å². The van der Waals surface area contributed by atoms with Gasteiger partial charge >= 0.3 is 0 Å². The predicted molar refractivity (Wildman–Crippen MR) is 68.5 cm³/mol. The molecule has 2 rings (SSSR count). The summed E-state index contributed by atoms with van der Waals surface area (Å²) >= 11 is 0. The summed E-state index contributed by atoms with van der Waals surface area (Å²) in [6.45, 7) is 6.74. The highest BCUT2D eigenvalue weighted by Crippen LogP contribution is 2.25. The van der Waals surface area contributed by atoms with Crippen LogP contribution in [0.1, 0.15) is 26.5 Å². The maximum atomic E-state index is 13.7. The molecule has 18 heavy (non-hydrogen) atoms. The summed E-state index contributed by atoms with van der Waals surface area (Å²) in [6, 6.07) is 6.54. The maximum absolute atomic E-state index is 13.7. The Morgan fingerprint density at radius 1 is 1.28 bits per heavy atom. The minimum absolute atomic E-state index is 0.0224. The van der Waals surface area contributed by atoms with Crippen molar-refractivity contribution in [2.24, 2.45) is 0 Å². The summed E-state index contributed by atoms with van der Waals surface area (Å²) in [5, 5.41) is 3.31. The van der Waals surface area contributed by atoms with Gasteiger partial charge in [-0.3, -0.25) is 0 Å². The summed E-state index contributed by atoms with van der Waals surface area (Å²) < 4.78 is 19.0. The van der Waals surface area contributed by atoms with Crippen molar-refractivity contribution in [2.45, 2.75) is 32.9 Å². The molecular weight excluding hydrogens is 231 g/mol. The Morgan fingerprint density at radius 3 is 2.67 bits per heavy atom. The zero-order valence-corrected chi connectivity index (χ0v) is 10.8. The molecule has 0 aliphatic carbocycles. The molecule has 0 spiro atoms. The number of aromatic nitrogens is 1. The van der Waals surface area contributed by atoms with Crippen LogP contribution in [0.15, 0.2) is 35.1 Å². The van der Waals surface area contributed by atoms with Crippen LogP contribution in [0.4, 0.5) is 4.39 Å². The fraction of sp³-hybridized carbons (Fsp3) is 0.357. The lowest BCUT2D eigenvalue weighted by atomic mass is 10.1. The number of oxazole rings is 1. The van der Waals surface area contributed by atoms with Crippen LogP contribution in [0, 0.1) is 5.82 Å².